The first-order valence-electron chi connectivity index (χ1n) is 5.91. The van der Waals surface area contributed by atoms with E-state index in [0.29, 0.717) is 0 Å². The lowest BCUT2D eigenvalue weighted by Crippen LogP contribution is -2.42. The van der Waals surface area contributed by atoms with Crippen LogP contribution in [-0.4, -0.2) is 26.8 Å². The van der Waals surface area contributed by atoms with Crippen LogP contribution in [0.3, 0.4) is 0 Å². The van der Waals surface area contributed by atoms with Crippen molar-refractivity contribution in [3.05, 3.63) is 18.2 Å². The number of aromatic nitrogens is 2. The summed E-state index contributed by atoms with van der Waals surface area (Å²) in [6.07, 6.45) is 6.63. The molecule has 0 saturated carbocycles. The highest BCUT2D eigenvalue weighted by molar-refractivity contribution is 4.96. The minimum atomic E-state index is -0.521. The Morgan fingerprint density at radius 1 is 1.62 bits per heavy atom. The second-order valence-electron chi connectivity index (χ2n) is 4.87. The fraction of sp³-hybridized carbons (Fsp3) is 0.750. The quantitative estimate of drug-likeness (QED) is 0.771. The van der Waals surface area contributed by atoms with Crippen molar-refractivity contribution >= 4 is 0 Å². The van der Waals surface area contributed by atoms with Crippen LogP contribution in [0.15, 0.2) is 12.4 Å². The average Bonchev–Trinajstić information content (AvgIpc) is 2.66. The number of nitrogens with two attached hydrogens (primary N) is 1. The highest BCUT2D eigenvalue weighted by atomic mass is 16.3. The van der Waals surface area contributed by atoms with Crippen LogP contribution in [0.25, 0.3) is 0 Å². The maximum Gasteiger partial charge on any atom is 0.108 e. The first-order chi connectivity index (χ1) is 7.50. The largest absolute Gasteiger partial charge is 0.394 e. The molecule has 92 valence electrons. The van der Waals surface area contributed by atoms with E-state index in [2.05, 4.69) is 23.4 Å². The number of rotatable bonds is 6. The van der Waals surface area contributed by atoms with E-state index in [1.807, 2.05) is 19.3 Å². The maximum atomic E-state index is 9.16. The molecule has 1 aromatic heterocycles. The van der Waals surface area contributed by atoms with Gasteiger partial charge in [0.15, 0.2) is 0 Å². The molecule has 0 aliphatic carbocycles. The van der Waals surface area contributed by atoms with Gasteiger partial charge >= 0.3 is 0 Å². The Kier molecular flexibility index (Phi) is 4.50. The van der Waals surface area contributed by atoms with E-state index in [1.54, 1.807) is 0 Å². The van der Waals surface area contributed by atoms with Gasteiger partial charge < -0.3 is 15.4 Å². The molecule has 3 N–H and O–H groups in total. The highest BCUT2D eigenvalue weighted by Crippen LogP contribution is 2.20. The molecule has 0 aliphatic rings. The lowest BCUT2D eigenvalue weighted by atomic mass is 9.96. The molecule has 2 atom stereocenters. The maximum absolute atomic E-state index is 9.16. The Bertz CT molecular complexity index is 320. The minimum Gasteiger partial charge on any atom is -0.394 e. The van der Waals surface area contributed by atoms with Crippen molar-refractivity contribution in [2.75, 3.05) is 6.61 Å². The van der Waals surface area contributed by atoms with Crippen molar-refractivity contribution < 1.29 is 5.11 Å². The van der Waals surface area contributed by atoms with Gasteiger partial charge in [0.2, 0.25) is 0 Å². The number of hydrogen-bond acceptors (Lipinski definition) is 3. The third kappa shape index (κ3) is 3.32. The molecule has 16 heavy (non-hydrogen) atoms. The zero-order valence-electron chi connectivity index (χ0n) is 10.5. The van der Waals surface area contributed by atoms with Crippen molar-refractivity contribution in [2.24, 2.45) is 5.73 Å². The molecule has 4 nitrogen and oxygen atoms in total. The van der Waals surface area contributed by atoms with Crippen LogP contribution in [0.1, 0.15) is 45.5 Å². The predicted octanol–water partition coefficient (Wildman–Crippen LogP) is 1.50. The molecule has 0 aliphatic heterocycles. The molecule has 0 amide bonds. The molecule has 0 spiro atoms. The van der Waals surface area contributed by atoms with E-state index in [9.17, 15) is 0 Å². The van der Waals surface area contributed by atoms with Gasteiger partial charge in [-0.25, -0.2) is 4.98 Å². The lowest BCUT2D eigenvalue weighted by molar-refractivity contribution is 0.184. The SMILES string of the molecule is CCCc1nccn1C(C)CC(C)(N)CO. The third-order valence-corrected chi connectivity index (χ3v) is 2.82. The van der Waals surface area contributed by atoms with E-state index in [-0.39, 0.29) is 12.6 Å². The zero-order valence-corrected chi connectivity index (χ0v) is 10.5. The smallest absolute Gasteiger partial charge is 0.108 e. The first-order valence-corrected chi connectivity index (χ1v) is 5.91. The second kappa shape index (κ2) is 5.46. The molecule has 2 unspecified atom stereocenters. The first kappa shape index (κ1) is 13.2. The standard InChI is InChI=1S/C12H23N3O/c1-4-5-11-14-6-7-15(11)10(2)8-12(3,13)9-16/h6-7,10,16H,4-5,8-9,13H2,1-3H3. The monoisotopic (exact) mass is 225 g/mol. The highest BCUT2D eigenvalue weighted by Gasteiger charge is 2.22. The van der Waals surface area contributed by atoms with Crippen LogP contribution in [-0.2, 0) is 6.42 Å². The topological polar surface area (TPSA) is 64.1 Å². The zero-order chi connectivity index (χ0) is 12.2. The normalized spacial score (nSPS) is 17.1. The van der Waals surface area contributed by atoms with Crippen LogP contribution in [0.4, 0.5) is 0 Å². The fourth-order valence-corrected chi connectivity index (χ4v) is 2.00. The predicted molar refractivity (Wildman–Crippen MR) is 65.2 cm³/mol. The third-order valence-electron chi connectivity index (χ3n) is 2.82. The Morgan fingerprint density at radius 2 is 2.31 bits per heavy atom. The fourth-order valence-electron chi connectivity index (χ4n) is 2.00. The van der Waals surface area contributed by atoms with Gasteiger partial charge in [-0.1, -0.05) is 6.92 Å². The Hall–Kier alpha value is -0.870. The van der Waals surface area contributed by atoms with Gasteiger partial charge in [0, 0.05) is 30.4 Å². The summed E-state index contributed by atoms with van der Waals surface area (Å²) < 4.78 is 2.16. The van der Waals surface area contributed by atoms with E-state index < -0.39 is 5.54 Å². The van der Waals surface area contributed by atoms with E-state index in [1.165, 1.54) is 0 Å². The summed E-state index contributed by atoms with van der Waals surface area (Å²) >= 11 is 0. The molecule has 1 heterocycles. The molecule has 4 heteroatoms. The summed E-state index contributed by atoms with van der Waals surface area (Å²) in [5, 5.41) is 9.16. The summed E-state index contributed by atoms with van der Waals surface area (Å²) in [6, 6.07) is 0.270. The van der Waals surface area contributed by atoms with Gasteiger partial charge in [-0.3, -0.25) is 0 Å². The van der Waals surface area contributed by atoms with E-state index in [0.717, 1.165) is 25.1 Å². The number of imidazole rings is 1. The van der Waals surface area contributed by atoms with Crippen molar-refractivity contribution in [1.82, 2.24) is 9.55 Å². The molecular formula is C12H23N3O. The summed E-state index contributed by atoms with van der Waals surface area (Å²) in [6.45, 7) is 6.14. The molecule has 1 rings (SSSR count). The van der Waals surface area contributed by atoms with Crippen molar-refractivity contribution in [2.45, 2.75) is 51.6 Å². The Morgan fingerprint density at radius 3 is 2.88 bits per heavy atom. The lowest BCUT2D eigenvalue weighted by Gasteiger charge is -2.27. The van der Waals surface area contributed by atoms with E-state index in [4.69, 9.17) is 10.8 Å². The number of aliphatic hydroxyl groups excluding tert-OH is 1. The van der Waals surface area contributed by atoms with E-state index >= 15 is 0 Å². The van der Waals surface area contributed by atoms with Gasteiger partial charge in [0.1, 0.15) is 5.82 Å². The summed E-state index contributed by atoms with van der Waals surface area (Å²) in [5.74, 6) is 1.10. The van der Waals surface area contributed by atoms with Gasteiger partial charge in [-0.2, -0.15) is 0 Å². The number of aryl methyl sites for hydroxylation is 1. The molecule has 1 aromatic rings. The van der Waals surface area contributed by atoms with Gasteiger partial charge in [0.25, 0.3) is 0 Å². The van der Waals surface area contributed by atoms with Crippen LogP contribution >= 0.6 is 0 Å². The molecule has 0 fully saturated rings. The number of aliphatic hydroxyl groups is 1. The average molecular weight is 225 g/mol. The second-order valence-corrected chi connectivity index (χ2v) is 4.87. The molecule has 0 bridgehead atoms. The molecule has 0 saturated heterocycles. The van der Waals surface area contributed by atoms with Crippen LogP contribution in [0, 0.1) is 0 Å². The summed E-state index contributed by atoms with van der Waals surface area (Å²) in [4.78, 5) is 4.34. The van der Waals surface area contributed by atoms with Gasteiger partial charge in [-0.05, 0) is 26.7 Å². The molecule has 0 radical (unpaired) electrons. The van der Waals surface area contributed by atoms with Crippen LogP contribution in [0.2, 0.25) is 0 Å². The summed E-state index contributed by atoms with van der Waals surface area (Å²) in [7, 11) is 0. The number of nitrogens with zero attached hydrogens (tertiary/aromatic N) is 2. The van der Waals surface area contributed by atoms with Crippen molar-refractivity contribution in [1.29, 1.82) is 0 Å². The Balaban J connectivity index is 2.72. The number of hydrogen-bond donors (Lipinski definition) is 2. The van der Waals surface area contributed by atoms with Gasteiger partial charge in [0.05, 0.1) is 6.61 Å². The van der Waals surface area contributed by atoms with Crippen LogP contribution in [0.5, 0.6) is 0 Å². The van der Waals surface area contributed by atoms with Crippen molar-refractivity contribution in [3.8, 4) is 0 Å². The minimum absolute atomic E-state index is 0.00908. The van der Waals surface area contributed by atoms with Crippen molar-refractivity contribution in [3.63, 3.8) is 0 Å². The van der Waals surface area contributed by atoms with Crippen LogP contribution < -0.4 is 5.73 Å². The van der Waals surface area contributed by atoms with Gasteiger partial charge in [-0.15, -0.1) is 0 Å². The summed E-state index contributed by atoms with van der Waals surface area (Å²) in [5.41, 5.74) is 5.44. The molecular weight excluding hydrogens is 202 g/mol. The molecule has 0 aromatic carbocycles. The Labute approximate surface area is 97.5 Å².